The lowest BCUT2D eigenvalue weighted by atomic mass is 9.88. The van der Waals surface area contributed by atoms with Crippen LogP contribution in [0, 0.1) is 0 Å². The SMILES string of the molecule is COCCOC1C(O)CC1Oc1ccc(Cl)c(Cl)c1. The highest BCUT2D eigenvalue weighted by molar-refractivity contribution is 6.42. The van der Waals surface area contributed by atoms with Crippen molar-refractivity contribution in [2.24, 2.45) is 0 Å². The van der Waals surface area contributed by atoms with Gasteiger partial charge in [0.05, 0.1) is 29.4 Å². The van der Waals surface area contributed by atoms with Crippen molar-refractivity contribution in [2.45, 2.75) is 24.7 Å². The summed E-state index contributed by atoms with van der Waals surface area (Å²) in [5.74, 6) is 0.617. The predicted molar refractivity (Wildman–Crippen MR) is 73.1 cm³/mol. The van der Waals surface area contributed by atoms with Gasteiger partial charge in [-0.1, -0.05) is 23.2 Å². The van der Waals surface area contributed by atoms with Gasteiger partial charge in [0.2, 0.25) is 0 Å². The van der Waals surface area contributed by atoms with Gasteiger partial charge in [0, 0.05) is 19.6 Å². The molecule has 0 aromatic heterocycles. The van der Waals surface area contributed by atoms with Gasteiger partial charge < -0.3 is 19.3 Å². The number of ether oxygens (including phenoxy) is 3. The van der Waals surface area contributed by atoms with Crippen molar-refractivity contribution in [3.63, 3.8) is 0 Å². The van der Waals surface area contributed by atoms with Crippen LogP contribution in [0.25, 0.3) is 0 Å². The maximum absolute atomic E-state index is 9.66. The minimum atomic E-state index is -0.496. The van der Waals surface area contributed by atoms with Gasteiger partial charge in [-0.25, -0.2) is 0 Å². The minimum absolute atomic E-state index is 0.177. The molecule has 2 rings (SSSR count). The molecule has 1 aromatic rings. The van der Waals surface area contributed by atoms with Gasteiger partial charge in [-0.05, 0) is 12.1 Å². The summed E-state index contributed by atoms with van der Waals surface area (Å²) in [6, 6.07) is 5.07. The zero-order valence-corrected chi connectivity index (χ0v) is 12.0. The lowest BCUT2D eigenvalue weighted by molar-refractivity contribution is -0.167. The summed E-state index contributed by atoms with van der Waals surface area (Å²) in [4.78, 5) is 0. The van der Waals surface area contributed by atoms with Crippen LogP contribution in [-0.2, 0) is 9.47 Å². The zero-order valence-electron chi connectivity index (χ0n) is 10.5. The van der Waals surface area contributed by atoms with Gasteiger partial charge in [0.25, 0.3) is 0 Å². The molecular formula is C13H16Cl2O4. The Morgan fingerprint density at radius 1 is 1.26 bits per heavy atom. The molecule has 0 saturated heterocycles. The summed E-state index contributed by atoms with van der Waals surface area (Å²) in [6.45, 7) is 0.919. The lowest BCUT2D eigenvalue weighted by Gasteiger charge is -2.40. The van der Waals surface area contributed by atoms with E-state index in [4.69, 9.17) is 37.4 Å². The average Bonchev–Trinajstić information content (AvgIpc) is 2.38. The Kier molecular flexibility index (Phi) is 5.30. The normalized spacial score (nSPS) is 26.0. The molecular weight excluding hydrogens is 291 g/mol. The quantitative estimate of drug-likeness (QED) is 0.821. The Bertz CT molecular complexity index is 427. The fraction of sp³-hybridized carbons (Fsp3) is 0.538. The second-order valence-electron chi connectivity index (χ2n) is 4.36. The van der Waals surface area contributed by atoms with E-state index in [0.717, 1.165) is 0 Å². The van der Waals surface area contributed by atoms with Crippen molar-refractivity contribution in [1.82, 2.24) is 0 Å². The molecule has 0 heterocycles. The van der Waals surface area contributed by atoms with Crippen molar-refractivity contribution in [2.75, 3.05) is 20.3 Å². The molecule has 0 bridgehead atoms. The number of hydrogen-bond acceptors (Lipinski definition) is 4. The highest BCUT2D eigenvalue weighted by Gasteiger charge is 2.42. The van der Waals surface area contributed by atoms with Crippen LogP contribution >= 0.6 is 23.2 Å². The van der Waals surface area contributed by atoms with Gasteiger partial charge in [-0.2, -0.15) is 0 Å². The van der Waals surface area contributed by atoms with Gasteiger partial charge in [-0.15, -0.1) is 0 Å². The number of methoxy groups -OCH3 is 1. The molecule has 0 radical (unpaired) electrons. The van der Waals surface area contributed by atoms with Crippen LogP contribution in [0.15, 0.2) is 18.2 Å². The third-order valence-corrected chi connectivity index (χ3v) is 3.73. The van der Waals surface area contributed by atoms with E-state index in [1.165, 1.54) is 0 Å². The summed E-state index contributed by atoms with van der Waals surface area (Å²) < 4.78 is 16.1. The molecule has 6 heteroatoms. The lowest BCUT2D eigenvalue weighted by Crippen LogP contribution is -2.55. The molecule has 19 heavy (non-hydrogen) atoms. The molecule has 1 aliphatic carbocycles. The van der Waals surface area contributed by atoms with E-state index in [-0.39, 0.29) is 12.2 Å². The zero-order chi connectivity index (χ0) is 13.8. The third kappa shape index (κ3) is 3.74. The van der Waals surface area contributed by atoms with Gasteiger partial charge in [0.1, 0.15) is 18.0 Å². The maximum Gasteiger partial charge on any atom is 0.130 e. The Morgan fingerprint density at radius 3 is 2.68 bits per heavy atom. The number of rotatable bonds is 6. The molecule has 1 N–H and O–H groups in total. The summed E-state index contributed by atoms with van der Waals surface area (Å²) in [5.41, 5.74) is 0. The van der Waals surface area contributed by atoms with Crippen LogP contribution in [0.5, 0.6) is 5.75 Å². The summed E-state index contributed by atoms with van der Waals surface area (Å²) >= 11 is 11.8. The van der Waals surface area contributed by atoms with Crippen LogP contribution in [0.4, 0.5) is 0 Å². The van der Waals surface area contributed by atoms with Crippen molar-refractivity contribution >= 4 is 23.2 Å². The Balaban J connectivity index is 1.89. The highest BCUT2D eigenvalue weighted by atomic mass is 35.5. The fourth-order valence-corrected chi connectivity index (χ4v) is 2.17. The number of hydrogen-bond donors (Lipinski definition) is 1. The van der Waals surface area contributed by atoms with Crippen molar-refractivity contribution in [1.29, 1.82) is 0 Å². The van der Waals surface area contributed by atoms with E-state index < -0.39 is 6.10 Å². The standard InChI is InChI=1S/C13H16Cl2O4/c1-17-4-5-18-13-11(16)7-12(13)19-8-2-3-9(14)10(15)6-8/h2-3,6,11-13,16H,4-5,7H2,1H3. The van der Waals surface area contributed by atoms with E-state index in [1.807, 2.05) is 0 Å². The first kappa shape index (κ1) is 14.9. The first-order chi connectivity index (χ1) is 9.11. The van der Waals surface area contributed by atoms with Crippen LogP contribution in [0.1, 0.15) is 6.42 Å². The number of aliphatic hydroxyl groups is 1. The van der Waals surface area contributed by atoms with E-state index in [0.29, 0.717) is 35.4 Å². The second kappa shape index (κ2) is 6.77. The maximum atomic E-state index is 9.66. The number of benzene rings is 1. The van der Waals surface area contributed by atoms with Gasteiger partial charge >= 0.3 is 0 Å². The molecule has 1 fully saturated rings. The first-order valence-corrected chi connectivity index (χ1v) is 6.77. The van der Waals surface area contributed by atoms with Crippen molar-refractivity contribution in [3.8, 4) is 5.75 Å². The topological polar surface area (TPSA) is 47.9 Å². The first-order valence-electron chi connectivity index (χ1n) is 6.02. The van der Waals surface area contributed by atoms with Crippen LogP contribution in [-0.4, -0.2) is 43.7 Å². The molecule has 0 amide bonds. The predicted octanol–water partition coefficient (Wildman–Crippen LogP) is 2.54. The van der Waals surface area contributed by atoms with Gasteiger partial charge in [0.15, 0.2) is 0 Å². The van der Waals surface area contributed by atoms with Crippen molar-refractivity contribution < 1.29 is 19.3 Å². The Labute approximate surface area is 122 Å². The fourth-order valence-electron chi connectivity index (χ4n) is 1.88. The van der Waals surface area contributed by atoms with Crippen molar-refractivity contribution in [3.05, 3.63) is 28.2 Å². The Hall–Kier alpha value is -0.520. The minimum Gasteiger partial charge on any atom is -0.487 e. The average molecular weight is 307 g/mol. The molecule has 3 unspecified atom stereocenters. The molecule has 0 aliphatic heterocycles. The largest absolute Gasteiger partial charge is 0.487 e. The molecule has 106 valence electrons. The number of halogens is 2. The molecule has 3 atom stereocenters. The van der Waals surface area contributed by atoms with Gasteiger partial charge in [-0.3, -0.25) is 0 Å². The van der Waals surface area contributed by atoms with Crippen LogP contribution in [0.2, 0.25) is 10.0 Å². The Morgan fingerprint density at radius 2 is 2.05 bits per heavy atom. The number of aliphatic hydroxyl groups excluding tert-OH is 1. The molecule has 4 nitrogen and oxygen atoms in total. The van der Waals surface area contributed by atoms with E-state index in [2.05, 4.69) is 0 Å². The summed E-state index contributed by atoms with van der Waals surface area (Å²) in [5, 5.41) is 10.6. The third-order valence-electron chi connectivity index (χ3n) is 3.00. The van der Waals surface area contributed by atoms with E-state index in [1.54, 1.807) is 25.3 Å². The molecule has 1 saturated carbocycles. The molecule has 1 aliphatic rings. The summed E-state index contributed by atoms with van der Waals surface area (Å²) in [6.07, 6.45) is -0.462. The van der Waals surface area contributed by atoms with E-state index >= 15 is 0 Å². The monoisotopic (exact) mass is 306 g/mol. The molecule has 1 aromatic carbocycles. The summed E-state index contributed by atoms with van der Waals surface area (Å²) in [7, 11) is 1.60. The highest BCUT2D eigenvalue weighted by Crippen LogP contribution is 2.32. The molecule has 0 spiro atoms. The van der Waals surface area contributed by atoms with Crippen LogP contribution in [0.3, 0.4) is 0 Å². The van der Waals surface area contributed by atoms with Crippen LogP contribution < -0.4 is 4.74 Å². The van der Waals surface area contributed by atoms with E-state index in [9.17, 15) is 5.11 Å². The second-order valence-corrected chi connectivity index (χ2v) is 5.18. The smallest absolute Gasteiger partial charge is 0.130 e.